The molecule has 4 aromatic carbocycles. The van der Waals surface area contributed by atoms with Crippen molar-refractivity contribution in [1.29, 1.82) is 0 Å². The zero-order valence-corrected chi connectivity index (χ0v) is 22.7. The van der Waals surface area contributed by atoms with Gasteiger partial charge in [-0.2, -0.15) is 0 Å². The lowest BCUT2D eigenvalue weighted by Crippen LogP contribution is -2.30. The van der Waals surface area contributed by atoms with E-state index in [9.17, 15) is 9.59 Å². The van der Waals surface area contributed by atoms with Crippen molar-refractivity contribution in [1.82, 2.24) is 5.32 Å². The van der Waals surface area contributed by atoms with Gasteiger partial charge in [-0.3, -0.25) is 9.59 Å². The predicted octanol–water partition coefficient (Wildman–Crippen LogP) is 6.01. The number of hydrogen-bond acceptors (Lipinski definition) is 7. The Morgan fingerprint density at radius 2 is 1.51 bits per heavy atom. The van der Waals surface area contributed by atoms with Crippen LogP contribution < -0.4 is 29.7 Å². The van der Waals surface area contributed by atoms with Gasteiger partial charge in [-0.15, -0.1) is 0 Å². The van der Waals surface area contributed by atoms with E-state index in [4.69, 9.17) is 23.4 Å². The van der Waals surface area contributed by atoms with Gasteiger partial charge in [0.2, 0.25) is 11.2 Å². The van der Waals surface area contributed by atoms with Crippen LogP contribution in [0.4, 0.5) is 0 Å². The van der Waals surface area contributed by atoms with Gasteiger partial charge in [0.1, 0.15) is 23.3 Å². The van der Waals surface area contributed by atoms with Crippen LogP contribution in [0.3, 0.4) is 0 Å². The lowest BCUT2D eigenvalue weighted by molar-refractivity contribution is -0.123. The third-order valence-electron chi connectivity index (χ3n) is 6.46. The highest BCUT2D eigenvalue weighted by Crippen LogP contribution is 2.28. The maximum absolute atomic E-state index is 13.0. The summed E-state index contributed by atoms with van der Waals surface area (Å²) in [7, 11) is 3.16. The van der Waals surface area contributed by atoms with E-state index in [0.29, 0.717) is 46.9 Å². The Balaban J connectivity index is 1.15. The van der Waals surface area contributed by atoms with Gasteiger partial charge >= 0.3 is 0 Å². The molecule has 41 heavy (non-hydrogen) atoms. The van der Waals surface area contributed by atoms with Crippen molar-refractivity contribution in [2.45, 2.75) is 6.42 Å². The molecular formula is C33H29NO7. The van der Waals surface area contributed by atoms with Gasteiger partial charge in [-0.1, -0.05) is 48.5 Å². The van der Waals surface area contributed by atoms with Gasteiger partial charge in [-0.05, 0) is 59.5 Å². The normalized spacial score (nSPS) is 10.7. The molecule has 0 atom stereocenters. The second kappa shape index (κ2) is 12.7. The Kier molecular flexibility index (Phi) is 8.49. The Labute approximate surface area is 237 Å². The average molecular weight is 552 g/mol. The van der Waals surface area contributed by atoms with Crippen LogP contribution in [0.5, 0.6) is 28.7 Å². The first-order valence-corrected chi connectivity index (χ1v) is 13.0. The molecule has 0 aliphatic carbocycles. The van der Waals surface area contributed by atoms with Crippen molar-refractivity contribution in [2.24, 2.45) is 0 Å². The van der Waals surface area contributed by atoms with Crippen LogP contribution in [-0.2, 0) is 11.2 Å². The van der Waals surface area contributed by atoms with Gasteiger partial charge in [0.15, 0.2) is 18.1 Å². The number of rotatable bonds is 11. The summed E-state index contributed by atoms with van der Waals surface area (Å²) in [5.41, 5.74) is 3.16. The van der Waals surface area contributed by atoms with Crippen LogP contribution in [0.25, 0.3) is 22.1 Å². The van der Waals surface area contributed by atoms with Crippen molar-refractivity contribution in [3.05, 3.63) is 113 Å². The molecule has 8 nitrogen and oxygen atoms in total. The summed E-state index contributed by atoms with van der Waals surface area (Å²) in [6.45, 7) is 0.254. The van der Waals surface area contributed by atoms with Crippen LogP contribution in [0.1, 0.15) is 5.56 Å². The molecule has 1 aromatic heterocycles. The summed E-state index contributed by atoms with van der Waals surface area (Å²) in [4.78, 5) is 25.3. The molecule has 0 unspecified atom stereocenters. The number of hydrogen-bond donors (Lipinski definition) is 1. The number of carbonyl (C=O) groups is 1. The number of carbonyl (C=O) groups excluding carboxylic acids is 1. The van der Waals surface area contributed by atoms with E-state index in [1.165, 1.54) is 6.26 Å². The summed E-state index contributed by atoms with van der Waals surface area (Å²) in [5.74, 6) is 2.02. The minimum absolute atomic E-state index is 0.0764. The molecule has 0 fully saturated rings. The second-order valence-electron chi connectivity index (χ2n) is 9.16. The summed E-state index contributed by atoms with van der Waals surface area (Å²) in [6.07, 6.45) is 1.90. The number of fused-ring (bicyclic) bond motifs is 1. The smallest absolute Gasteiger partial charge is 0.257 e. The molecule has 1 heterocycles. The average Bonchev–Trinajstić information content (AvgIpc) is 3.02. The van der Waals surface area contributed by atoms with E-state index in [1.807, 2.05) is 72.8 Å². The van der Waals surface area contributed by atoms with Crippen molar-refractivity contribution in [3.63, 3.8) is 0 Å². The van der Waals surface area contributed by atoms with Crippen molar-refractivity contribution in [3.8, 4) is 39.9 Å². The minimum Gasteiger partial charge on any atom is -0.493 e. The molecule has 8 heteroatoms. The van der Waals surface area contributed by atoms with Crippen LogP contribution in [0, 0.1) is 0 Å². The largest absolute Gasteiger partial charge is 0.493 e. The fraction of sp³-hybridized carbons (Fsp3) is 0.152. The molecule has 0 radical (unpaired) electrons. The standard InChI is InChI=1S/C33H29NO7/c1-37-28-15-8-22(18-30(28)38-2)16-17-34-32(35)21-39-26-13-14-27-29(19-26)40-20-31(33(27)36)41-25-11-9-24(10-12-25)23-6-4-3-5-7-23/h3-15,18-20H,16-17,21H2,1-2H3,(H,34,35). The van der Waals surface area contributed by atoms with E-state index in [-0.39, 0.29) is 23.7 Å². The Hall–Kier alpha value is -5.24. The maximum Gasteiger partial charge on any atom is 0.257 e. The maximum atomic E-state index is 13.0. The number of nitrogens with one attached hydrogen (secondary N) is 1. The van der Waals surface area contributed by atoms with E-state index in [0.717, 1.165) is 16.7 Å². The molecule has 0 aliphatic heterocycles. The molecule has 1 amide bonds. The van der Waals surface area contributed by atoms with Crippen molar-refractivity contribution in [2.75, 3.05) is 27.4 Å². The summed E-state index contributed by atoms with van der Waals surface area (Å²) >= 11 is 0. The quantitative estimate of drug-likeness (QED) is 0.215. The summed E-state index contributed by atoms with van der Waals surface area (Å²) in [6, 6.07) is 27.9. The number of methoxy groups -OCH3 is 2. The number of ether oxygens (including phenoxy) is 4. The van der Waals surface area contributed by atoms with Crippen LogP contribution >= 0.6 is 0 Å². The SMILES string of the molecule is COc1ccc(CCNC(=O)COc2ccc3c(=O)c(Oc4ccc(-c5ccccc5)cc4)coc3c2)cc1OC. The molecule has 0 bridgehead atoms. The predicted molar refractivity (Wildman–Crippen MR) is 156 cm³/mol. The second-order valence-corrected chi connectivity index (χ2v) is 9.16. The Morgan fingerprint density at radius 3 is 2.27 bits per heavy atom. The number of benzene rings is 4. The van der Waals surface area contributed by atoms with Gasteiger partial charge in [-0.25, -0.2) is 0 Å². The van der Waals surface area contributed by atoms with E-state index >= 15 is 0 Å². The summed E-state index contributed by atoms with van der Waals surface area (Å²) in [5, 5.41) is 3.17. The number of amides is 1. The highest BCUT2D eigenvalue weighted by Gasteiger charge is 2.12. The van der Waals surface area contributed by atoms with Crippen LogP contribution in [-0.4, -0.2) is 33.3 Å². The lowest BCUT2D eigenvalue weighted by atomic mass is 10.1. The zero-order valence-electron chi connectivity index (χ0n) is 22.7. The highest BCUT2D eigenvalue weighted by atomic mass is 16.5. The Bertz CT molecular complexity index is 1700. The van der Waals surface area contributed by atoms with E-state index in [1.54, 1.807) is 32.4 Å². The van der Waals surface area contributed by atoms with Gasteiger partial charge in [0, 0.05) is 12.6 Å². The highest BCUT2D eigenvalue weighted by molar-refractivity contribution is 5.80. The van der Waals surface area contributed by atoms with Crippen LogP contribution in [0.2, 0.25) is 0 Å². The molecule has 0 saturated carbocycles. The van der Waals surface area contributed by atoms with Gasteiger partial charge in [0.25, 0.3) is 5.91 Å². The first-order chi connectivity index (χ1) is 20.0. The van der Waals surface area contributed by atoms with Crippen molar-refractivity contribution < 1.29 is 28.2 Å². The van der Waals surface area contributed by atoms with E-state index in [2.05, 4.69) is 5.32 Å². The first kappa shape index (κ1) is 27.3. The van der Waals surface area contributed by atoms with Crippen LogP contribution in [0.15, 0.2) is 106 Å². The fourth-order valence-corrected chi connectivity index (χ4v) is 4.31. The molecule has 0 saturated heterocycles. The van der Waals surface area contributed by atoms with Crippen molar-refractivity contribution >= 4 is 16.9 Å². The third kappa shape index (κ3) is 6.67. The van der Waals surface area contributed by atoms with E-state index < -0.39 is 0 Å². The lowest BCUT2D eigenvalue weighted by Gasteiger charge is -2.11. The first-order valence-electron chi connectivity index (χ1n) is 13.0. The van der Waals surface area contributed by atoms with Gasteiger partial charge < -0.3 is 28.7 Å². The fourth-order valence-electron chi connectivity index (χ4n) is 4.31. The monoisotopic (exact) mass is 551 g/mol. The molecule has 5 aromatic rings. The molecule has 0 spiro atoms. The zero-order chi connectivity index (χ0) is 28.6. The molecular weight excluding hydrogens is 522 g/mol. The molecule has 0 aliphatic rings. The molecule has 1 N–H and O–H groups in total. The topological polar surface area (TPSA) is 96.2 Å². The molecule has 208 valence electrons. The molecule has 5 rings (SSSR count). The Morgan fingerprint density at radius 1 is 0.780 bits per heavy atom. The summed E-state index contributed by atoms with van der Waals surface area (Å²) < 4.78 is 27.6. The van der Waals surface area contributed by atoms with Gasteiger partial charge in [0.05, 0.1) is 19.6 Å². The third-order valence-corrected chi connectivity index (χ3v) is 6.46. The minimum atomic E-state index is -0.308.